The number of aromatic nitrogens is 2. The molecule has 0 spiro atoms. The lowest BCUT2D eigenvalue weighted by molar-refractivity contribution is -0.0368. The number of ether oxygens (including phenoxy) is 2. The lowest BCUT2D eigenvalue weighted by Gasteiger charge is -2.34. The average Bonchev–Trinajstić information content (AvgIpc) is 2.62. The van der Waals surface area contributed by atoms with Gasteiger partial charge in [-0.1, -0.05) is 29.3 Å². The smallest absolute Gasteiger partial charge is 0.225 e. The van der Waals surface area contributed by atoms with Gasteiger partial charge in [0.1, 0.15) is 12.7 Å². The Hall–Kier alpha value is -1.60. The van der Waals surface area contributed by atoms with E-state index in [1.54, 1.807) is 37.5 Å². The Bertz CT molecular complexity index is 693. The van der Waals surface area contributed by atoms with Crippen molar-refractivity contribution < 1.29 is 14.6 Å². The molecule has 2 atom stereocenters. The Balaban J connectivity index is 1.62. The van der Waals surface area contributed by atoms with Gasteiger partial charge in [-0.25, -0.2) is 9.97 Å². The first kappa shape index (κ1) is 18.2. The number of hydrogen-bond donors (Lipinski definition) is 1. The first-order valence-electron chi connectivity index (χ1n) is 7.97. The van der Waals surface area contributed by atoms with E-state index in [1.807, 2.05) is 4.90 Å². The molecule has 0 saturated carbocycles. The van der Waals surface area contributed by atoms with Gasteiger partial charge in [0.05, 0.1) is 25.1 Å². The van der Waals surface area contributed by atoms with Crippen molar-refractivity contribution in [1.29, 1.82) is 0 Å². The number of nitrogens with zero attached hydrogens (tertiary/aromatic N) is 3. The highest BCUT2D eigenvalue weighted by Crippen LogP contribution is 2.26. The minimum atomic E-state index is -0.536. The van der Waals surface area contributed by atoms with Crippen molar-refractivity contribution in [3.63, 3.8) is 0 Å². The van der Waals surface area contributed by atoms with E-state index in [1.165, 1.54) is 0 Å². The topological polar surface area (TPSA) is 67.7 Å². The van der Waals surface area contributed by atoms with Crippen LogP contribution in [0.1, 0.15) is 12.5 Å². The van der Waals surface area contributed by atoms with Gasteiger partial charge in [-0.3, -0.25) is 0 Å². The molecule has 8 heteroatoms. The second-order valence-corrected chi connectivity index (χ2v) is 6.62. The molecule has 1 N–H and O–H groups in total. The third-order valence-corrected chi connectivity index (χ3v) is 4.68. The van der Waals surface area contributed by atoms with Gasteiger partial charge < -0.3 is 19.5 Å². The van der Waals surface area contributed by atoms with Crippen LogP contribution < -0.4 is 9.64 Å². The lowest BCUT2D eigenvalue weighted by atomic mass is 10.2. The van der Waals surface area contributed by atoms with E-state index < -0.39 is 6.10 Å². The van der Waals surface area contributed by atoms with E-state index in [0.29, 0.717) is 41.4 Å². The van der Waals surface area contributed by atoms with Gasteiger partial charge in [0.25, 0.3) is 0 Å². The summed E-state index contributed by atoms with van der Waals surface area (Å²) in [5, 5.41) is 10.8. The van der Waals surface area contributed by atoms with Crippen LogP contribution in [0.25, 0.3) is 0 Å². The van der Waals surface area contributed by atoms with Gasteiger partial charge in [-0.15, -0.1) is 0 Å². The molecule has 1 aromatic carbocycles. The van der Waals surface area contributed by atoms with Crippen LogP contribution in [0.5, 0.6) is 5.75 Å². The standard InChI is InChI=1S/C17H19Cl2N3O3/c1-11(23)16-9-22(5-6-24-16)17-20-7-12(8-21-17)25-10-13-14(18)3-2-4-15(13)19/h2-4,7-8,11,16,23H,5-6,9-10H2,1H3/t11-,16-/m1/s1. The van der Waals surface area contributed by atoms with Crippen LogP contribution in [0.15, 0.2) is 30.6 Å². The lowest BCUT2D eigenvalue weighted by Crippen LogP contribution is -2.47. The number of morpholine rings is 1. The van der Waals surface area contributed by atoms with Crippen molar-refractivity contribution in [2.75, 3.05) is 24.6 Å². The molecule has 0 unspecified atom stereocenters. The quantitative estimate of drug-likeness (QED) is 0.855. The molecular formula is C17H19Cl2N3O3. The van der Waals surface area contributed by atoms with Crippen LogP contribution in [-0.4, -0.2) is 47.0 Å². The van der Waals surface area contributed by atoms with E-state index in [9.17, 15) is 5.11 Å². The number of rotatable bonds is 5. The summed E-state index contributed by atoms with van der Waals surface area (Å²) >= 11 is 12.3. The van der Waals surface area contributed by atoms with Gasteiger partial charge in [-0.05, 0) is 19.1 Å². The Kier molecular flexibility index (Phi) is 5.96. The highest BCUT2D eigenvalue weighted by molar-refractivity contribution is 6.35. The highest BCUT2D eigenvalue weighted by atomic mass is 35.5. The Morgan fingerprint density at radius 3 is 2.64 bits per heavy atom. The molecular weight excluding hydrogens is 365 g/mol. The van der Waals surface area contributed by atoms with E-state index >= 15 is 0 Å². The molecule has 1 aliphatic heterocycles. The van der Waals surface area contributed by atoms with Crippen molar-refractivity contribution in [3.05, 3.63) is 46.2 Å². The molecule has 2 aromatic rings. The van der Waals surface area contributed by atoms with Gasteiger partial charge in [-0.2, -0.15) is 0 Å². The molecule has 0 radical (unpaired) electrons. The number of anilines is 1. The predicted octanol–water partition coefficient (Wildman–Crippen LogP) is 2.95. The second kappa shape index (κ2) is 8.19. The van der Waals surface area contributed by atoms with E-state index in [0.717, 1.165) is 5.56 Å². The van der Waals surface area contributed by atoms with Crippen molar-refractivity contribution in [2.45, 2.75) is 25.7 Å². The summed E-state index contributed by atoms with van der Waals surface area (Å²) in [5.41, 5.74) is 0.725. The van der Waals surface area contributed by atoms with Crippen LogP contribution in [0.2, 0.25) is 10.0 Å². The molecule has 6 nitrogen and oxygen atoms in total. The molecule has 3 rings (SSSR count). The maximum Gasteiger partial charge on any atom is 0.225 e. The largest absolute Gasteiger partial charge is 0.486 e. The van der Waals surface area contributed by atoms with Crippen molar-refractivity contribution in [3.8, 4) is 5.75 Å². The van der Waals surface area contributed by atoms with Crippen LogP contribution in [0, 0.1) is 0 Å². The summed E-state index contributed by atoms with van der Waals surface area (Å²) in [6.07, 6.45) is 2.45. The molecule has 134 valence electrons. The summed E-state index contributed by atoms with van der Waals surface area (Å²) in [7, 11) is 0. The number of hydrogen-bond acceptors (Lipinski definition) is 6. The number of halogens is 2. The molecule has 1 aliphatic rings. The molecule has 1 fully saturated rings. The average molecular weight is 384 g/mol. The number of aliphatic hydroxyl groups is 1. The monoisotopic (exact) mass is 383 g/mol. The normalized spacial score (nSPS) is 18.9. The first-order chi connectivity index (χ1) is 12.0. The van der Waals surface area contributed by atoms with Crippen molar-refractivity contribution in [2.24, 2.45) is 0 Å². The molecule has 0 aliphatic carbocycles. The van der Waals surface area contributed by atoms with E-state index in [2.05, 4.69) is 9.97 Å². The van der Waals surface area contributed by atoms with Gasteiger partial charge in [0.2, 0.25) is 5.95 Å². The van der Waals surface area contributed by atoms with Crippen molar-refractivity contribution in [1.82, 2.24) is 9.97 Å². The van der Waals surface area contributed by atoms with E-state index in [-0.39, 0.29) is 12.7 Å². The summed E-state index contributed by atoms with van der Waals surface area (Å²) in [5.74, 6) is 1.11. The Labute approximate surface area is 156 Å². The SMILES string of the molecule is C[C@@H](O)[C@H]1CN(c2ncc(OCc3c(Cl)cccc3Cl)cn2)CCO1. The summed E-state index contributed by atoms with van der Waals surface area (Å²) in [4.78, 5) is 10.7. The summed E-state index contributed by atoms with van der Waals surface area (Å²) in [6, 6.07) is 5.32. The molecule has 0 bridgehead atoms. The Morgan fingerprint density at radius 2 is 2.00 bits per heavy atom. The molecule has 1 aromatic heterocycles. The zero-order valence-electron chi connectivity index (χ0n) is 13.7. The zero-order chi connectivity index (χ0) is 17.8. The van der Waals surface area contributed by atoms with Crippen LogP contribution in [0.4, 0.5) is 5.95 Å². The summed E-state index contributed by atoms with van der Waals surface area (Å²) in [6.45, 7) is 3.71. The fourth-order valence-corrected chi connectivity index (χ4v) is 3.03. The Morgan fingerprint density at radius 1 is 1.32 bits per heavy atom. The third kappa shape index (κ3) is 4.52. The summed E-state index contributed by atoms with van der Waals surface area (Å²) < 4.78 is 11.2. The molecule has 2 heterocycles. The fourth-order valence-electron chi connectivity index (χ4n) is 2.52. The highest BCUT2D eigenvalue weighted by Gasteiger charge is 2.25. The van der Waals surface area contributed by atoms with Crippen LogP contribution in [0.3, 0.4) is 0 Å². The minimum Gasteiger partial charge on any atom is -0.486 e. The third-order valence-electron chi connectivity index (χ3n) is 3.97. The van der Waals surface area contributed by atoms with Crippen molar-refractivity contribution >= 4 is 29.2 Å². The van der Waals surface area contributed by atoms with Gasteiger partial charge in [0.15, 0.2) is 5.75 Å². The first-order valence-corrected chi connectivity index (χ1v) is 8.72. The number of benzene rings is 1. The zero-order valence-corrected chi connectivity index (χ0v) is 15.2. The van der Waals surface area contributed by atoms with E-state index in [4.69, 9.17) is 32.7 Å². The maximum atomic E-state index is 9.67. The number of aliphatic hydroxyl groups excluding tert-OH is 1. The van der Waals surface area contributed by atoms with Gasteiger partial charge in [0, 0.05) is 28.7 Å². The maximum absolute atomic E-state index is 9.67. The predicted molar refractivity (Wildman–Crippen MR) is 96.5 cm³/mol. The minimum absolute atomic E-state index is 0.239. The molecule has 1 saturated heterocycles. The van der Waals surface area contributed by atoms with Crippen LogP contribution >= 0.6 is 23.2 Å². The second-order valence-electron chi connectivity index (χ2n) is 5.80. The fraction of sp³-hybridized carbons (Fsp3) is 0.412. The molecule has 25 heavy (non-hydrogen) atoms. The van der Waals surface area contributed by atoms with Crippen LogP contribution in [-0.2, 0) is 11.3 Å². The van der Waals surface area contributed by atoms with Gasteiger partial charge >= 0.3 is 0 Å². The molecule has 0 amide bonds.